The third kappa shape index (κ3) is 4.56. The maximum Gasteiger partial charge on any atom is 0.261 e. The molecule has 1 aliphatic carbocycles. The van der Waals surface area contributed by atoms with E-state index in [1.54, 1.807) is 18.3 Å². The summed E-state index contributed by atoms with van der Waals surface area (Å²) in [5.74, 6) is 2.71. The van der Waals surface area contributed by atoms with E-state index in [0.29, 0.717) is 22.7 Å². The Labute approximate surface area is 185 Å². The molecule has 1 aliphatic heterocycles. The Balaban J connectivity index is 1.29. The average Bonchev–Trinajstić information content (AvgIpc) is 3.52. The summed E-state index contributed by atoms with van der Waals surface area (Å²) >= 11 is 5.97. The van der Waals surface area contributed by atoms with Crippen molar-refractivity contribution in [1.29, 1.82) is 0 Å². The Kier molecular flexibility index (Phi) is 5.59. The minimum absolute atomic E-state index is 0.0714. The number of nitrogens with zero attached hydrogens (tertiary/aromatic N) is 4. The molecule has 1 amide bonds. The van der Waals surface area contributed by atoms with Crippen LogP contribution >= 0.6 is 11.6 Å². The van der Waals surface area contributed by atoms with Gasteiger partial charge in [-0.3, -0.25) is 4.79 Å². The number of carbonyl (C=O) groups excluding carboxylic acids is 1. The van der Waals surface area contributed by atoms with Crippen molar-refractivity contribution in [2.24, 2.45) is 11.8 Å². The smallest absolute Gasteiger partial charge is 0.261 e. The SMILES string of the molecule is O=C(NCC1CC1)C1CCN(c2ncccc2-c2nc(-c3ccc(Cl)cc3)no2)CC1. The molecule has 0 spiro atoms. The number of benzene rings is 1. The highest BCUT2D eigenvalue weighted by atomic mass is 35.5. The molecule has 3 aromatic rings. The van der Waals surface area contributed by atoms with E-state index in [1.165, 1.54) is 12.8 Å². The molecule has 31 heavy (non-hydrogen) atoms. The van der Waals surface area contributed by atoms with E-state index in [9.17, 15) is 4.79 Å². The van der Waals surface area contributed by atoms with Crippen LogP contribution in [0.2, 0.25) is 5.02 Å². The summed E-state index contributed by atoms with van der Waals surface area (Å²) in [6, 6.07) is 11.1. The predicted molar refractivity (Wildman–Crippen MR) is 119 cm³/mol. The summed E-state index contributed by atoms with van der Waals surface area (Å²) in [5.41, 5.74) is 1.63. The summed E-state index contributed by atoms with van der Waals surface area (Å²) in [7, 11) is 0. The zero-order valence-electron chi connectivity index (χ0n) is 17.1. The number of anilines is 1. The molecule has 7 nitrogen and oxygen atoms in total. The fraction of sp³-hybridized carbons (Fsp3) is 0.391. The topological polar surface area (TPSA) is 84.2 Å². The van der Waals surface area contributed by atoms with Gasteiger partial charge < -0.3 is 14.7 Å². The summed E-state index contributed by atoms with van der Waals surface area (Å²) in [6.07, 6.45) is 5.88. The normalized spacial score (nSPS) is 17.0. The number of amides is 1. The monoisotopic (exact) mass is 437 g/mol. The number of piperidine rings is 1. The summed E-state index contributed by atoms with van der Waals surface area (Å²) in [4.78, 5) is 23.8. The van der Waals surface area contributed by atoms with Gasteiger partial charge in [-0.05, 0) is 68.0 Å². The van der Waals surface area contributed by atoms with E-state index >= 15 is 0 Å². The highest BCUT2D eigenvalue weighted by Gasteiger charge is 2.29. The molecule has 0 bridgehead atoms. The van der Waals surface area contributed by atoms with Crippen molar-refractivity contribution in [2.45, 2.75) is 25.7 Å². The van der Waals surface area contributed by atoms with Gasteiger partial charge in [0.2, 0.25) is 11.7 Å². The Morgan fingerprint density at radius 1 is 1.13 bits per heavy atom. The second-order valence-corrected chi connectivity index (χ2v) is 8.69. The first-order chi connectivity index (χ1) is 15.2. The quantitative estimate of drug-likeness (QED) is 0.622. The largest absolute Gasteiger partial charge is 0.356 e. The number of nitrogens with one attached hydrogen (secondary N) is 1. The van der Waals surface area contributed by atoms with Crippen LogP contribution < -0.4 is 10.2 Å². The zero-order valence-corrected chi connectivity index (χ0v) is 17.9. The number of aromatic nitrogens is 3. The van der Waals surface area contributed by atoms with Crippen molar-refractivity contribution in [1.82, 2.24) is 20.4 Å². The van der Waals surface area contributed by atoms with E-state index in [4.69, 9.17) is 16.1 Å². The van der Waals surface area contributed by atoms with Crippen LogP contribution in [-0.2, 0) is 4.79 Å². The minimum Gasteiger partial charge on any atom is -0.356 e. The van der Waals surface area contributed by atoms with Gasteiger partial charge in [-0.1, -0.05) is 16.8 Å². The van der Waals surface area contributed by atoms with E-state index < -0.39 is 0 Å². The first-order valence-corrected chi connectivity index (χ1v) is 11.1. The van der Waals surface area contributed by atoms with Gasteiger partial charge in [0.15, 0.2) is 0 Å². The van der Waals surface area contributed by atoms with Gasteiger partial charge >= 0.3 is 0 Å². The van der Waals surface area contributed by atoms with Gasteiger partial charge in [-0.15, -0.1) is 0 Å². The number of pyridine rings is 1. The molecule has 2 aromatic heterocycles. The van der Waals surface area contributed by atoms with Crippen LogP contribution in [0.5, 0.6) is 0 Å². The number of hydrogen-bond acceptors (Lipinski definition) is 6. The lowest BCUT2D eigenvalue weighted by molar-refractivity contribution is -0.125. The molecule has 1 saturated carbocycles. The zero-order chi connectivity index (χ0) is 21.2. The third-order valence-corrected chi connectivity index (χ3v) is 6.22. The molecule has 1 aromatic carbocycles. The van der Waals surface area contributed by atoms with Crippen LogP contribution in [0.3, 0.4) is 0 Å². The van der Waals surface area contributed by atoms with E-state index in [1.807, 2.05) is 24.3 Å². The first kappa shape index (κ1) is 20.0. The van der Waals surface area contributed by atoms with Gasteiger partial charge in [0.1, 0.15) is 5.82 Å². The summed E-state index contributed by atoms with van der Waals surface area (Å²) in [5, 5.41) is 7.90. The average molecular weight is 438 g/mol. The van der Waals surface area contributed by atoms with Crippen LogP contribution in [0.25, 0.3) is 22.8 Å². The molecule has 160 valence electrons. The Hall–Kier alpha value is -2.93. The molecule has 1 N–H and O–H groups in total. The second kappa shape index (κ2) is 8.67. The van der Waals surface area contributed by atoms with E-state index in [2.05, 4.69) is 25.3 Å². The molecule has 8 heteroatoms. The maximum absolute atomic E-state index is 12.4. The van der Waals surface area contributed by atoms with Crippen LogP contribution in [0.4, 0.5) is 5.82 Å². The molecule has 3 heterocycles. The van der Waals surface area contributed by atoms with Crippen molar-refractivity contribution in [3.05, 3.63) is 47.6 Å². The fourth-order valence-corrected chi connectivity index (χ4v) is 4.06. The number of rotatable bonds is 6. The van der Waals surface area contributed by atoms with Crippen molar-refractivity contribution >= 4 is 23.3 Å². The lowest BCUT2D eigenvalue weighted by Gasteiger charge is -2.32. The summed E-state index contributed by atoms with van der Waals surface area (Å²) < 4.78 is 5.56. The lowest BCUT2D eigenvalue weighted by atomic mass is 9.95. The van der Waals surface area contributed by atoms with Crippen LogP contribution in [0.15, 0.2) is 47.1 Å². The lowest BCUT2D eigenvalue weighted by Crippen LogP contribution is -2.41. The Morgan fingerprint density at radius 2 is 1.90 bits per heavy atom. The molecule has 1 saturated heterocycles. The second-order valence-electron chi connectivity index (χ2n) is 8.25. The summed E-state index contributed by atoms with van der Waals surface area (Å²) in [6.45, 7) is 2.37. The highest BCUT2D eigenvalue weighted by molar-refractivity contribution is 6.30. The Morgan fingerprint density at radius 3 is 2.65 bits per heavy atom. The Bertz CT molecular complexity index is 1060. The highest BCUT2D eigenvalue weighted by Crippen LogP contribution is 2.32. The van der Waals surface area contributed by atoms with Gasteiger partial charge in [-0.25, -0.2) is 4.98 Å². The van der Waals surface area contributed by atoms with Crippen molar-refractivity contribution in [3.63, 3.8) is 0 Å². The van der Waals surface area contributed by atoms with E-state index in [0.717, 1.165) is 49.4 Å². The van der Waals surface area contributed by atoms with Gasteiger partial charge in [0.05, 0.1) is 5.56 Å². The van der Waals surface area contributed by atoms with Gasteiger partial charge in [0.25, 0.3) is 5.89 Å². The number of carbonyl (C=O) groups is 1. The molecule has 5 rings (SSSR count). The third-order valence-electron chi connectivity index (χ3n) is 5.97. The van der Waals surface area contributed by atoms with Crippen molar-refractivity contribution in [2.75, 3.05) is 24.5 Å². The number of hydrogen-bond donors (Lipinski definition) is 1. The number of halogens is 1. The predicted octanol–water partition coefficient (Wildman–Crippen LogP) is 4.19. The van der Waals surface area contributed by atoms with E-state index in [-0.39, 0.29) is 11.8 Å². The van der Waals surface area contributed by atoms with Crippen LogP contribution in [0, 0.1) is 11.8 Å². The van der Waals surface area contributed by atoms with Crippen molar-refractivity contribution < 1.29 is 9.32 Å². The minimum atomic E-state index is 0.0714. The molecule has 2 aliphatic rings. The van der Waals surface area contributed by atoms with Crippen LogP contribution in [0.1, 0.15) is 25.7 Å². The molecule has 2 fully saturated rings. The first-order valence-electron chi connectivity index (χ1n) is 10.7. The molecule has 0 unspecified atom stereocenters. The molecular weight excluding hydrogens is 414 g/mol. The maximum atomic E-state index is 12.4. The van der Waals surface area contributed by atoms with Crippen LogP contribution in [-0.4, -0.2) is 40.7 Å². The van der Waals surface area contributed by atoms with Crippen molar-refractivity contribution in [3.8, 4) is 22.8 Å². The van der Waals surface area contributed by atoms with Gasteiger partial charge in [-0.2, -0.15) is 4.98 Å². The standard InChI is InChI=1S/C23H24ClN5O2/c24-18-7-5-16(6-8-18)20-27-23(31-28-20)19-2-1-11-25-21(19)29-12-9-17(10-13-29)22(30)26-14-15-3-4-15/h1-2,5-8,11,15,17H,3-4,9-10,12-14H2,(H,26,30). The molecular formula is C23H24ClN5O2. The van der Waals surface area contributed by atoms with Gasteiger partial charge in [0, 0.05) is 42.3 Å². The fourth-order valence-electron chi connectivity index (χ4n) is 3.93. The molecule has 0 radical (unpaired) electrons. The molecule has 0 atom stereocenters.